The van der Waals surface area contributed by atoms with Crippen molar-refractivity contribution in [1.29, 1.82) is 0 Å². The van der Waals surface area contributed by atoms with Crippen LogP contribution in [0.25, 0.3) is 33.4 Å². The lowest BCUT2D eigenvalue weighted by atomic mass is 10.1. The molecular weight excluding hydrogens is 402 g/mol. The number of nitro groups is 1. The van der Waals surface area contributed by atoms with Crippen molar-refractivity contribution in [3.63, 3.8) is 0 Å². The van der Waals surface area contributed by atoms with Gasteiger partial charge < -0.3 is 4.42 Å². The van der Waals surface area contributed by atoms with Gasteiger partial charge in [0.05, 0.1) is 21.5 Å². The molecule has 0 fully saturated rings. The Hall–Kier alpha value is -3.78. The zero-order valence-corrected chi connectivity index (χ0v) is 16.9. The second-order valence-corrected chi connectivity index (χ2v) is 8.08. The molecule has 0 N–H and O–H groups in total. The maximum absolute atomic E-state index is 13.0. The van der Waals surface area contributed by atoms with Gasteiger partial charge in [-0.25, -0.2) is 9.38 Å². The van der Waals surface area contributed by atoms with Crippen LogP contribution in [0.1, 0.15) is 16.9 Å². The second kappa shape index (κ2) is 6.64. The molecule has 2 aromatic carbocycles. The molecule has 0 bridgehead atoms. The number of fused-ring (bicyclic) bond motifs is 3. The van der Waals surface area contributed by atoms with E-state index in [0.717, 1.165) is 22.2 Å². The fourth-order valence-corrected chi connectivity index (χ4v) is 4.62. The molecule has 30 heavy (non-hydrogen) atoms. The second-order valence-electron chi connectivity index (χ2n) is 7.07. The molecule has 0 aliphatic carbocycles. The van der Waals surface area contributed by atoms with Gasteiger partial charge in [0, 0.05) is 12.1 Å². The number of hydrogen-bond donors (Lipinski definition) is 0. The lowest BCUT2D eigenvalue weighted by molar-refractivity contribution is -0.384. The van der Waals surface area contributed by atoms with Crippen LogP contribution in [0.5, 0.6) is 0 Å². The van der Waals surface area contributed by atoms with Crippen LogP contribution < -0.4 is 10.1 Å². The highest BCUT2D eigenvalue weighted by atomic mass is 32.1. The largest absolute Gasteiger partial charge is 0.456 e. The van der Waals surface area contributed by atoms with Crippen LogP contribution in [0.15, 0.2) is 57.7 Å². The highest BCUT2D eigenvalue weighted by molar-refractivity contribution is 7.15. The summed E-state index contributed by atoms with van der Waals surface area (Å²) < 4.78 is 7.91. The first kappa shape index (κ1) is 18.3. The Morgan fingerprint density at radius 3 is 2.77 bits per heavy atom. The number of para-hydroxylation sites is 1. The van der Waals surface area contributed by atoms with Crippen molar-refractivity contribution >= 4 is 39.1 Å². The maximum atomic E-state index is 13.0. The third-order valence-corrected chi connectivity index (χ3v) is 5.91. The molecule has 0 aliphatic heterocycles. The number of thiazole rings is 1. The quantitative estimate of drug-likeness (QED) is 0.323. The molecule has 3 heterocycles. The number of aryl methyl sites for hydroxylation is 2. The summed E-state index contributed by atoms with van der Waals surface area (Å²) in [6.07, 6.45) is 1.65. The van der Waals surface area contributed by atoms with Crippen molar-refractivity contribution in [2.45, 2.75) is 13.8 Å². The van der Waals surface area contributed by atoms with Gasteiger partial charge in [-0.2, -0.15) is 0 Å². The van der Waals surface area contributed by atoms with Gasteiger partial charge in [-0.1, -0.05) is 29.5 Å². The summed E-state index contributed by atoms with van der Waals surface area (Å²) in [6.45, 7) is 3.97. The minimum Gasteiger partial charge on any atom is -0.456 e. The Labute approximate surface area is 173 Å². The number of furan rings is 1. The van der Waals surface area contributed by atoms with Crippen molar-refractivity contribution in [3.05, 3.63) is 90.4 Å². The molecule has 0 spiro atoms. The van der Waals surface area contributed by atoms with Crippen LogP contribution in [-0.2, 0) is 0 Å². The van der Waals surface area contributed by atoms with Crippen LogP contribution in [-0.4, -0.2) is 14.3 Å². The molecule has 8 heteroatoms. The number of aromatic nitrogens is 2. The van der Waals surface area contributed by atoms with Crippen LogP contribution in [0.3, 0.4) is 0 Å². The smallest absolute Gasteiger partial charge is 0.280 e. The van der Waals surface area contributed by atoms with Gasteiger partial charge in [0.1, 0.15) is 16.1 Å². The number of hydrogen-bond acceptors (Lipinski definition) is 6. The predicted molar refractivity (Wildman–Crippen MR) is 116 cm³/mol. The Morgan fingerprint density at radius 2 is 1.97 bits per heavy atom. The van der Waals surface area contributed by atoms with E-state index in [1.165, 1.54) is 17.4 Å². The van der Waals surface area contributed by atoms with E-state index in [2.05, 4.69) is 4.98 Å². The maximum Gasteiger partial charge on any atom is 0.280 e. The van der Waals surface area contributed by atoms with E-state index >= 15 is 0 Å². The van der Waals surface area contributed by atoms with Gasteiger partial charge in [0.15, 0.2) is 4.96 Å². The zero-order valence-electron chi connectivity index (χ0n) is 16.1. The highest BCUT2D eigenvalue weighted by Gasteiger charge is 2.17. The summed E-state index contributed by atoms with van der Waals surface area (Å²) in [6, 6.07) is 13.8. The average molecular weight is 417 g/mol. The van der Waals surface area contributed by atoms with Crippen LogP contribution >= 0.6 is 11.3 Å². The molecule has 0 aliphatic rings. The first-order chi connectivity index (χ1) is 14.4. The van der Waals surface area contributed by atoms with Gasteiger partial charge in [0.2, 0.25) is 0 Å². The van der Waals surface area contributed by atoms with Gasteiger partial charge >= 0.3 is 0 Å². The van der Waals surface area contributed by atoms with Crippen LogP contribution in [0.4, 0.5) is 5.69 Å². The fourth-order valence-electron chi connectivity index (χ4n) is 3.66. The molecule has 0 atom stereocenters. The number of rotatable bonds is 3. The number of benzene rings is 2. The van der Waals surface area contributed by atoms with E-state index in [9.17, 15) is 14.9 Å². The van der Waals surface area contributed by atoms with E-state index in [-0.39, 0.29) is 11.2 Å². The third kappa shape index (κ3) is 2.81. The monoisotopic (exact) mass is 417 g/mol. The summed E-state index contributed by atoms with van der Waals surface area (Å²) in [5, 5.41) is 11.3. The van der Waals surface area contributed by atoms with E-state index < -0.39 is 4.92 Å². The van der Waals surface area contributed by atoms with Crippen molar-refractivity contribution < 1.29 is 9.34 Å². The highest BCUT2D eigenvalue weighted by Crippen LogP contribution is 2.31. The molecule has 5 aromatic rings. The summed E-state index contributed by atoms with van der Waals surface area (Å²) in [5.74, 6) is 0.820. The molecule has 3 aromatic heterocycles. The number of nitrogens with zero attached hydrogens (tertiary/aromatic N) is 3. The molecule has 0 saturated carbocycles. The van der Waals surface area contributed by atoms with Gasteiger partial charge in [0.25, 0.3) is 11.2 Å². The summed E-state index contributed by atoms with van der Waals surface area (Å²) >= 11 is 1.29. The Bertz CT molecular complexity index is 1580. The van der Waals surface area contributed by atoms with Crippen LogP contribution in [0.2, 0.25) is 0 Å². The Balaban J connectivity index is 1.64. The zero-order chi connectivity index (χ0) is 21.0. The van der Waals surface area contributed by atoms with E-state index in [1.807, 2.05) is 26.0 Å². The van der Waals surface area contributed by atoms with Crippen molar-refractivity contribution in [3.8, 4) is 11.3 Å². The number of nitro benzene ring substituents is 1. The topological polar surface area (TPSA) is 90.7 Å². The van der Waals surface area contributed by atoms with Crippen molar-refractivity contribution in [2.75, 3.05) is 0 Å². The first-order valence-corrected chi connectivity index (χ1v) is 10.0. The molecule has 0 unspecified atom stereocenters. The summed E-state index contributed by atoms with van der Waals surface area (Å²) in [5.41, 5.74) is 3.92. The predicted octanol–water partition coefficient (Wildman–Crippen LogP) is 4.24. The SMILES string of the molecule is Cc1cc(C)c2nc3s/c(=C\c4ccc(-c5ccccc5[N+](=O)[O-])o4)c(=O)n3c2c1. The minimum atomic E-state index is -0.444. The van der Waals surface area contributed by atoms with E-state index in [0.29, 0.717) is 26.6 Å². The molecule has 148 valence electrons. The van der Waals surface area contributed by atoms with Gasteiger partial charge in [-0.3, -0.25) is 14.9 Å². The van der Waals surface area contributed by atoms with Gasteiger partial charge in [-0.05, 0) is 49.2 Å². The molecule has 5 rings (SSSR count). The Kier molecular flexibility index (Phi) is 4.04. The molecule has 0 radical (unpaired) electrons. The lowest BCUT2D eigenvalue weighted by Gasteiger charge is -1.98. The molecular formula is C22H15N3O4S. The fraction of sp³-hybridized carbons (Fsp3) is 0.0909. The molecule has 7 nitrogen and oxygen atoms in total. The minimum absolute atomic E-state index is 0.0327. The standard InChI is InChI=1S/C22H15N3O4S/c1-12-9-13(2)20-17(10-12)24-21(26)19(30-22(24)23-20)11-14-7-8-18(29-14)15-5-3-4-6-16(15)25(27)28/h3-11H,1-2H3/b19-11-. The lowest BCUT2D eigenvalue weighted by Crippen LogP contribution is -2.22. The Morgan fingerprint density at radius 1 is 1.17 bits per heavy atom. The molecule has 0 saturated heterocycles. The number of imidazole rings is 1. The van der Waals surface area contributed by atoms with Gasteiger partial charge in [-0.15, -0.1) is 0 Å². The summed E-state index contributed by atoms with van der Waals surface area (Å²) in [7, 11) is 0. The van der Waals surface area contributed by atoms with Crippen molar-refractivity contribution in [1.82, 2.24) is 9.38 Å². The first-order valence-electron chi connectivity index (χ1n) is 9.20. The third-order valence-electron chi connectivity index (χ3n) is 4.95. The average Bonchev–Trinajstić information content (AvgIpc) is 3.39. The normalized spacial score (nSPS) is 12.3. The van der Waals surface area contributed by atoms with E-state index in [1.54, 1.807) is 40.8 Å². The van der Waals surface area contributed by atoms with Crippen molar-refractivity contribution in [2.24, 2.45) is 0 Å². The molecule has 0 amide bonds. The van der Waals surface area contributed by atoms with E-state index in [4.69, 9.17) is 4.42 Å². The van der Waals surface area contributed by atoms with Crippen LogP contribution in [0, 0.1) is 24.0 Å². The summed E-state index contributed by atoms with van der Waals surface area (Å²) in [4.78, 5) is 29.1.